The van der Waals surface area contributed by atoms with Gasteiger partial charge in [-0.15, -0.1) is 23.5 Å². The molecular weight excluding hydrogens is 391 g/mol. The standard InChI is InChI=1S/C18H25FN2O4S2/c19-17(5-6-17)16(25)20-13(11-3-1-2-4-11)14(22)21-10-18(26-7-8-27-18)9-12(21)15(23)24/h11-13H,1-10H2,(H,20,25)(H,23,24)/t12-,13-/m0/s1. The third-order valence-electron chi connectivity index (χ3n) is 6.19. The van der Waals surface area contributed by atoms with Crippen LogP contribution in [0.3, 0.4) is 0 Å². The van der Waals surface area contributed by atoms with Crippen molar-refractivity contribution in [1.82, 2.24) is 10.2 Å². The Bertz CT molecular complexity index is 645. The third kappa shape index (κ3) is 3.69. The van der Waals surface area contributed by atoms with Crippen molar-refractivity contribution in [3.05, 3.63) is 0 Å². The zero-order chi connectivity index (χ0) is 19.2. The molecule has 0 aromatic carbocycles. The largest absolute Gasteiger partial charge is 0.480 e. The fourth-order valence-electron chi connectivity index (χ4n) is 4.46. The van der Waals surface area contributed by atoms with Crippen LogP contribution in [0.2, 0.25) is 0 Å². The third-order valence-corrected chi connectivity index (χ3v) is 9.62. The molecular formula is C18H25FN2O4S2. The summed E-state index contributed by atoms with van der Waals surface area (Å²) < 4.78 is 13.9. The van der Waals surface area contributed by atoms with Gasteiger partial charge in [0.15, 0.2) is 5.67 Å². The summed E-state index contributed by atoms with van der Waals surface area (Å²) in [4.78, 5) is 38.9. The lowest BCUT2D eigenvalue weighted by molar-refractivity contribution is -0.150. The van der Waals surface area contributed by atoms with Crippen LogP contribution in [0.5, 0.6) is 0 Å². The number of aliphatic carboxylic acids is 1. The Morgan fingerprint density at radius 2 is 1.78 bits per heavy atom. The minimum absolute atomic E-state index is 0.0429. The summed E-state index contributed by atoms with van der Waals surface area (Å²) in [7, 11) is 0. The number of hydrogen-bond donors (Lipinski definition) is 2. The van der Waals surface area contributed by atoms with Crippen LogP contribution in [0.1, 0.15) is 44.9 Å². The number of thioether (sulfide) groups is 2. The molecule has 6 nitrogen and oxygen atoms in total. The molecule has 150 valence electrons. The molecule has 2 heterocycles. The minimum atomic E-state index is -1.84. The molecule has 1 spiro atoms. The van der Waals surface area contributed by atoms with E-state index in [2.05, 4.69) is 5.32 Å². The van der Waals surface area contributed by atoms with Gasteiger partial charge >= 0.3 is 5.97 Å². The molecule has 2 saturated heterocycles. The van der Waals surface area contributed by atoms with E-state index < -0.39 is 29.6 Å². The number of halogens is 1. The summed E-state index contributed by atoms with van der Waals surface area (Å²) in [6.07, 6.45) is 4.37. The summed E-state index contributed by atoms with van der Waals surface area (Å²) in [6, 6.07) is -1.70. The van der Waals surface area contributed by atoms with Gasteiger partial charge in [0.1, 0.15) is 12.1 Å². The van der Waals surface area contributed by atoms with Crippen LogP contribution in [0.15, 0.2) is 0 Å². The molecule has 4 rings (SSSR count). The van der Waals surface area contributed by atoms with Gasteiger partial charge in [0, 0.05) is 24.5 Å². The summed E-state index contributed by atoms with van der Waals surface area (Å²) in [5.41, 5.74) is -1.84. The molecule has 2 aliphatic carbocycles. The maximum Gasteiger partial charge on any atom is 0.326 e. The van der Waals surface area contributed by atoms with Crippen molar-refractivity contribution < 1.29 is 23.9 Å². The number of carbonyl (C=O) groups excluding carboxylic acids is 2. The zero-order valence-corrected chi connectivity index (χ0v) is 16.7. The fourth-order valence-corrected chi connectivity index (χ4v) is 7.71. The Labute approximate surface area is 166 Å². The van der Waals surface area contributed by atoms with Crippen LogP contribution >= 0.6 is 23.5 Å². The van der Waals surface area contributed by atoms with E-state index in [1.807, 2.05) is 0 Å². The van der Waals surface area contributed by atoms with Gasteiger partial charge in [-0.05, 0) is 31.6 Å². The quantitative estimate of drug-likeness (QED) is 0.713. The fraction of sp³-hybridized carbons (Fsp3) is 0.833. The maximum absolute atomic E-state index is 14.2. The second kappa shape index (κ2) is 7.13. The highest BCUT2D eigenvalue weighted by atomic mass is 32.2. The van der Waals surface area contributed by atoms with Gasteiger partial charge in [0.05, 0.1) is 4.08 Å². The van der Waals surface area contributed by atoms with Crippen LogP contribution in [0.25, 0.3) is 0 Å². The van der Waals surface area contributed by atoms with E-state index >= 15 is 0 Å². The molecule has 2 saturated carbocycles. The number of likely N-dealkylation sites (tertiary alicyclic amines) is 1. The Morgan fingerprint density at radius 1 is 1.15 bits per heavy atom. The number of carboxylic acid groups (broad SMARTS) is 1. The number of alkyl halides is 1. The van der Waals surface area contributed by atoms with Crippen molar-refractivity contribution in [2.75, 3.05) is 18.1 Å². The molecule has 2 amide bonds. The molecule has 2 aliphatic heterocycles. The minimum Gasteiger partial charge on any atom is -0.480 e. The van der Waals surface area contributed by atoms with Gasteiger partial charge < -0.3 is 15.3 Å². The molecule has 0 aromatic rings. The van der Waals surface area contributed by atoms with Gasteiger partial charge in [-0.3, -0.25) is 9.59 Å². The van der Waals surface area contributed by atoms with E-state index in [1.165, 1.54) is 4.90 Å². The lowest BCUT2D eigenvalue weighted by Crippen LogP contribution is -2.56. The van der Waals surface area contributed by atoms with E-state index in [-0.39, 0.29) is 28.7 Å². The van der Waals surface area contributed by atoms with Gasteiger partial charge in [0.25, 0.3) is 5.91 Å². The Kier molecular flexibility index (Phi) is 5.12. The molecule has 9 heteroatoms. The van der Waals surface area contributed by atoms with Gasteiger partial charge in [-0.1, -0.05) is 12.8 Å². The van der Waals surface area contributed by atoms with E-state index in [0.29, 0.717) is 13.0 Å². The van der Waals surface area contributed by atoms with Gasteiger partial charge in [0.2, 0.25) is 5.91 Å². The summed E-state index contributed by atoms with van der Waals surface area (Å²) in [5, 5.41) is 12.3. The highest BCUT2D eigenvalue weighted by Crippen LogP contribution is 2.52. The average molecular weight is 417 g/mol. The normalized spacial score (nSPS) is 29.8. The topological polar surface area (TPSA) is 86.7 Å². The van der Waals surface area contributed by atoms with Crippen molar-refractivity contribution in [3.63, 3.8) is 0 Å². The molecule has 0 unspecified atom stereocenters. The molecule has 0 aromatic heterocycles. The van der Waals surface area contributed by atoms with E-state index in [9.17, 15) is 23.9 Å². The molecule has 2 atom stereocenters. The summed E-state index contributed by atoms with van der Waals surface area (Å²) in [6.45, 7) is 0.373. The molecule has 4 fully saturated rings. The zero-order valence-electron chi connectivity index (χ0n) is 15.1. The van der Waals surface area contributed by atoms with Crippen molar-refractivity contribution in [2.24, 2.45) is 5.92 Å². The monoisotopic (exact) mass is 416 g/mol. The number of carbonyl (C=O) groups is 3. The molecule has 27 heavy (non-hydrogen) atoms. The first kappa shape index (κ1) is 19.4. The van der Waals surface area contributed by atoms with Crippen LogP contribution in [-0.4, -0.2) is 67.7 Å². The average Bonchev–Trinajstić information content (AvgIpc) is 3.10. The molecule has 0 radical (unpaired) electrons. The van der Waals surface area contributed by atoms with Crippen molar-refractivity contribution in [1.29, 1.82) is 0 Å². The lowest BCUT2D eigenvalue weighted by Gasteiger charge is -2.31. The maximum atomic E-state index is 14.2. The second-order valence-corrected chi connectivity index (χ2v) is 11.3. The number of nitrogens with one attached hydrogen (secondary N) is 1. The Balaban J connectivity index is 1.55. The first-order valence-electron chi connectivity index (χ1n) is 9.65. The van der Waals surface area contributed by atoms with Crippen LogP contribution in [-0.2, 0) is 14.4 Å². The highest BCUT2D eigenvalue weighted by Gasteiger charge is 2.55. The van der Waals surface area contributed by atoms with Crippen LogP contribution in [0.4, 0.5) is 4.39 Å². The number of nitrogens with zero attached hydrogens (tertiary/aromatic N) is 1. The van der Waals surface area contributed by atoms with Crippen molar-refractivity contribution in [2.45, 2.75) is 66.8 Å². The predicted molar refractivity (Wildman–Crippen MR) is 102 cm³/mol. The molecule has 0 bridgehead atoms. The Hall–Kier alpha value is -0.960. The van der Waals surface area contributed by atoms with Crippen molar-refractivity contribution in [3.8, 4) is 0 Å². The predicted octanol–water partition coefficient (Wildman–Crippen LogP) is 2.03. The van der Waals surface area contributed by atoms with Crippen LogP contribution in [0, 0.1) is 5.92 Å². The van der Waals surface area contributed by atoms with Crippen LogP contribution < -0.4 is 5.32 Å². The smallest absolute Gasteiger partial charge is 0.326 e. The molecule has 2 N–H and O–H groups in total. The number of hydrogen-bond acceptors (Lipinski definition) is 5. The second-order valence-electron chi connectivity index (χ2n) is 8.09. The van der Waals surface area contributed by atoms with E-state index in [4.69, 9.17) is 0 Å². The highest BCUT2D eigenvalue weighted by molar-refractivity contribution is 8.21. The number of rotatable bonds is 5. The first-order valence-corrected chi connectivity index (χ1v) is 11.6. The van der Waals surface area contributed by atoms with E-state index in [1.54, 1.807) is 23.5 Å². The lowest BCUT2D eigenvalue weighted by atomic mass is 9.96. The Morgan fingerprint density at radius 3 is 2.33 bits per heavy atom. The molecule has 4 aliphatic rings. The van der Waals surface area contributed by atoms with Gasteiger partial charge in [-0.25, -0.2) is 9.18 Å². The van der Waals surface area contributed by atoms with E-state index in [0.717, 1.165) is 37.2 Å². The number of carboxylic acids is 1. The summed E-state index contributed by atoms with van der Waals surface area (Å²) >= 11 is 3.45. The summed E-state index contributed by atoms with van der Waals surface area (Å²) in [5.74, 6) is -0.207. The van der Waals surface area contributed by atoms with Crippen molar-refractivity contribution >= 4 is 41.3 Å². The van der Waals surface area contributed by atoms with Gasteiger partial charge in [-0.2, -0.15) is 0 Å². The number of amides is 2. The first-order chi connectivity index (χ1) is 12.8. The SMILES string of the molecule is O=C(O)[C@@H]1CC2(CN1C(=O)[C@@H](NC(=O)C1(F)CC1)C1CCCC1)SCCS2.